The highest BCUT2D eigenvalue weighted by molar-refractivity contribution is 6.35. The number of hydrazine groups is 1. The maximum atomic E-state index is 12.1. The highest BCUT2D eigenvalue weighted by Gasteiger charge is 2.11. The van der Waals surface area contributed by atoms with E-state index in [4.69, 9.17) is 33.7 Å². The predicted octanol–water partition coefficient (Wildman–Crippen LogP) is 4.25. The number of rotatable bonds is 7. The highest BCUT2D eigenvalue weighted by Crippen LogP contribution is 2.28. The minimum absolute atomic E-state index is 0.246. The second kappa shape index (κ2) is 9.51. The van der Waals surface area contributed by atoms with Crippen molar-refractivity contribution < 1.29 is 9.53 Å². The van der Waals surface area contributed by atoms with Gasteiger partial charge in [0.05, 0.1) is 5.02 Å². The Morgan fingerprint density at radius 3 is 2.60 bits per heavy atom. The number of hydrogen-bond donors (Lipinski definition) is 4. The fourth-order valence-electron chi connectivity index (χ4n) is 2.58. The van der Waals surface area contributed by atoms with Crippen LogP contribution in [0.3, 0.4) is 0 Å². The van der Waals surface area contributed by atoms with E-state index < -0.39 is 5.91 Å². The Balaban J connectivity index is 1.60. The molecule has 2 aromatic carbocycles. The number of anilines is 4. The zero-order valence-corrected chi connectivity index (χ0v) is 17.8. The third kappa shape index (κ3) is 5.43. The summed E-state index contributed by atoms with van der Waals surface area (Å²) >= 11 is 11.8. The molecule has 0 radical (unpaired) electrons. The van der Waals surface area contributed by atoms with E-state index in [0.29, 0.717) is 21.6 Å². The smallest absolute Gasteiger partial charge is 0.276 e. The maximum Gasteiger partial charge on any atom is 0.276 e. The van der Waals surface area contributed by atoms with Gasteiger partial charge in [0.2, 0.25) is 0 Å². The third-order valence-corrected chi connectivity index (χ3v) is 4.62. The lowest BCUT2D eigenvalue weighted by Gasteiger charge is -2.15. The number of ether oxygens (including phenoxy) is 1. The summed E-state index contributed by atoms with van der Waals surface area (Å²) in [6, 6.07) is 10.7. The molecular formula is C20H20Cl2N6O2. The van der Waals surface area contributed by atoms with Crippen LogP contribution in [0.15, 0.2) is 42.7 Å². The van der Waals surface area contributed by atoms with E-state index in [2.05, 4.69) is 26.1 Å². The van der Waals surface area contributed by atoms with E-state index in [0.717, 1.165) is 16.8 Å². The van der Waals surface area contributed by atoms with Crippen LogP contribution in [-0.4, -0.2) is 22.5 Å². The number of nitrogens with two attached hydrogens (primary N) is 1. The van der Waals surface area contributed by atoms with Gasteiger partial charge < -0.3 is 15.8 Å². The first-order chi connectivity index (χ1) is 14.3. The molecule has 8 nitrogen and oxygen atoms in total. The number of aromatic nitrogens is 2. The van der Waals surface area contributed by atoms with E-state index in [1.54, 1.807) is 12.1 Å². The molecule has 0 spiro atoms. The zero-order chi connectivity index (χ0) is 21.7. The number of nitrogen functional groups attached to an aromatic ring is 1. The summed E-state index contributed by atoms with van der Waals surface area (Å²) in [5, 5.41) is 3.96. The lowest BCUT2D eigenvalue weighted by Crippen LogP contribution is -2.34. The lowest BCUT2D eigenvalue weighted by atomic mass is 10.1. The summed E-state index contributed by atoms with van der Waals surface area (Å²) in [6.45, 7) is 3.73. The number of carbonyl (C=O) groups excluding carboxylic acids is 1. The molecule has 1 amide bonds. The number of carbonyl (C=O) groups is 1. The second-order valence-electron chi connectivity index (χ2n) is 6.46. The number of benzene rings is 2. The van der Waals surface area contributed by atoms with Crippen LogP contribution in [0.5, 0.6) is 5.75 Å². The van der Waals surface area contributed by atoms with Gasteiger partial charge in [0, 0.05) is 10.7 Å². The van der Waals surface area contributed by atoms with Crippen molar-refractivity contribution in [2.24, 2.45) is 0 Å². The summed E-state index contributed by atoms with van der Waals surface area (Å²) in [6.07, 6.45) is 1.33. The molecule has 3 rings (SSSR count). The molecule has 0 saturated heterocycles. The number of halogens is 2. The van der Waals surface area contributed by atoms with E-state index in [9.17, 15) is 4.79 Å². The van der Waals surface area contributed by atoms with Crippen molar-refractivity contribution in [1.82, 2.24) is 15.4 Å². The first kappa shape index (κ1) is 21.5. The summed E-state index contributed by atoms with van der Waals surface area (Å²) in [4.78, 5) is 20.3. The van der Waals surface area contributed by atoms with E-state index in [1.807, 2.05) is 32.0 Å². The number of aryl methyl sites for hydroxylation is 2. The van der Waals surface area contributed by atoms with Gasteiger partial charge >= 0.3 is 0 Å². The predicted molar refractivity (Wildman–Crippen MR) is 119 cm³/mol. The van der Waals surface area contributed by atoms with E-state index in [1.165, 1.54) is 12.4 Å². The van der Waals surface area contributed by atoms with Gasteiger partial charge in [0.25, 0.3) is 5.91 Å². The highest BCUT2D eigenvalue weighted by atomic mass is 35.5. The van der Waals surface area contributed by atoms with Gasteiger partial charge in [-0.05, 0) is 43.7 Å². The number of nitrogens with zero attached hydrogens (tertiary/aromatic N) is 2. The van der Waals surface area contributed by atoms with Crippen molar-refractivity contribution in [3.8, 4) is 5.75 Å². The Morgan fingerprint density at radius 1 is 1.10 bits per heavy atom. The molecule has 0 aliphatic carbocycles. The summed E-state index contributed by atoms with van der Waals surface area (Å²) in [7, 11) is 0. The van der Waals surface area contributed by atoms with Crippen LogP contribution in [0.25, 0.3) is 0 Å². The first-order valence-electron chi connectivity index (χ1n) is 8.91. The van der Waals surface area contributed by atoms with Gasteiger partial charge in [-0.25, -0.2) is 9.97 Å². The quantitative estimate of drug-likeness (QED) is 0.401. The largest absolute Gasteiger partial charge is 0.482 e. The number of hydrogen-bond acceptors (Lipinski definition) is 7. The van der Waals surface area contributed by atoms with Crippen molar-refractivity contribution in [3.05, 3.63) is 63.9 Å². The number of amides is 1. The first-order valence-corrected chi connectivity index (χ1v) is 9.66. The molecule has 0 bridgehead atoms. The molecule has 0 aliphatic rings. The maximum absolute atomic E-state index is 12.1. The van der Waals surface area contributed by atoms with Gasteiger partial charge in [-0.3, -0.25) is 15.6 Å². The standard InChI is InChI=1S/C20H20Cl2N6O2/c1-11-3-5-15(12(2)7-11)26-19-18(23)20(25-10-24-19)28-27-17(29)9-30-16-6-4-13(21)8-14(16)22/h3-8,10H,9,23H2,1-2H3,(H,27,29)(H2,24,25,26,28). The van der Waals surface area contributed by atoms with Gasteiger partial charge in [-0.2, -0.15) is 0 Å². The summed E-state index contributed by atoms with van der Waals surface area (Å²) in [5.41, 5.74) is 14.6. The van der Waals surface area contributed by atoms with E-state index in [-0.39, 0.29) is 18.1 Å². The number of nitrogens with one attached hydrogen (secondary N) is 3. The van der Waals surface area contributed by atoms with Crippen LogP contribution in [0.1, 0.15) is 11.1 Å². The second-order valence-corrected chi connectivity index (χ2v) is 7.31. The van der Waals surface area contributed by atoms with Gasteiger partial charge in [-0.15, -0.1) is 0 Å². The van der Waals surface area contributed by atoms with Crippen LogP contribution < -0.4 is 26.6 Å². The van der Waals surface area contributed by atoms with Crippen molar-refractivity contribution in [2.45, 2.75) is 13.8 Å². The molecule has 1 aromatic heterocycles. The molecule has 1 heterocycles. The Hall–Kier alpha value is -3.23. The van der Waals surface area contributed by atoms with Crippen molar-refractivity contribution in [2.75, 3.05) is 23.1 Å². The van der Waals surface area contributed by atoms with Crippen LogP contribution in [0, 0.1) is 13.8 Å². The van der Waals surface area contributed by atoms with E-state index >= 15 is 0 Å². The molecule has 10 heteroatoms. The monoisotopic (exact) mass is 446 g/mol. The third-order valence-electron chi connectivity index (χ3n) is 4.09. The minimum atomic E-state index is -0.456. The van der Waals surface area contributed by atoms with Crippen LogP contribution in [0.4, 0.5) is 23.0 Å². The average Bonchev–Trinajstić information content (AvgIpc) is 2.70. The van der Waals surface area contributed by atoms with Crippen molar-refractivity contribution in [3.63, 3.8) is 0 Å². The molecule has 0 saturated carbocycles. The molecule has 3 aromatic rings. The summed E-state index contributed by atoms with van der Waals surface area (Å²) in [5.74, 6) is 0.550. The molecule has 0 fully saturated rings. The fraction of sp³-hybridized carbons (Fsp3) is 0.150. The molecular weight excluding hydrogens is 427 g/mol. The topological polar surface area (TPSA) is 114 Å². The van der Waals surface area contributed by atoms with Gasteiger partial charge in [-0.1, -0.05) is 40.9 Å². The SMILES string of the molecule is Cc1ccc(Nc2ncnc(NNC(=O)COc3ccc(Cl)cc3Cl)c2N)c(C)c1. The summed E-state index contributed by atoms with van der Waals surface area (Å²) < 4.78 is 5.38. The van der Waals surface area contributed by atoms with Crippen LogP contribution >= 0.6 is 23.2 Å². The average molecular weight is 447 g/mol. The molecule has 5 N–H and O–H groups in total. The molecule has 156 valence electrons. The Labute approximate surface area is 183 Å². The minimum Gasteiger partial charge on any atom is -0.482 e. The van der Waals surface area contributed by atoms with Crippen molar-refractivity contribution >= 4 is 52.1 Å². The Bertz CT molecular complexity index is 1080. The molecule has 0 aliphatic heterocycles. The molecule has 0 unspecified atom stereocenters. The zero-order valence-electron chi connectivity index (χ0n) is 16.3. The van der Waals surface area contributed by atoms with Gasteiger partial charge in [0.15, 0.2) is 18.2 Å². The fourth-order valence-corrected chi connectivity index (χ4v) is 3.04. The Morgan fingerprint density at radius 2 is 1.87 bits per heavy atom. The van der Waals surface area contributed by atoms with Crippen LogP contribution in [0.2, 0.25) is 10.0 Å². The normalized spacial score (nSPS) is 10.4. The van der Waals surface area contributed by atoms with Crippen molar-refractivity contribution in [1.29, 1.82) is 0 Å². The van der Waals surface area contributed by atoms with Crippen LogP contribution in [-0.2, 0) is 4.79 Å². The Kier molecular flexibility index (Phi) is 6.81. The molecule has 30 heavy (non-hydrogen) atoms. The lowest BCUT2D eigenvalue weighted by molar-refractivity contribution is -0.122. The van der Waals surface area contributed by atoms with Gasteiger partial charge in [0.1, 0.15) is 17.8 Å². The molecule has 0 atom stereocenters.